The zero-order chi connectivity index (χ0) is 13.4. The molecule has 0 radical (unpaired) electrons. The van der Waals surface area contributed by atoms with Gasteiger partial charge in [0.1, 0.15) is 12.3 Å². The molecule has 1 saturated heterocycles. The summed E-state index contributed by atoms with van der Waals surface area (Å²) in [6.07, 6.45) is -2.42. The lowest BCUT2D eigenvalue weighted by Crippen LogP contribution is -2.41. The quantitative estimate of drug-likeness (QED) is 0.592. The minimum absolute atomic E-state index is 0.285. The summed E-state index contributed by atoms with van der Waals surface area (Å²) in [5.41, 5.74) is 4.66. The van der Waals surface area contributed by atoms with Crippen molar-refractivity contribution in [2.24, 2.45) is 5.73 Å². The average Bonchev–Trinajstić information content (AvgIpc) is 2.61. The number of ether oxygens (including phenoxy) is 1. The predicted molar refractivity (Wildman–Crippen MR) is 59.9 cm³/mol. The summed E-state index contributed by atoms with van der Waals surface area (Å²) in [5.74, 6) is 0. The molecule has 4 atom stereocenters. The van der Waals surface area contributed by atoms with Gasteiger partial charge < -0.3 is 15.6 Å². The number of alkyl halides is 1. The highest BCUT2D eigenvalue weighted by Gasteiger charge is 2.43. The van der Waals surface area contributed by atoms with Gasteiger partial charge >= 0.3 is 5.69 Å². The number of nitrogens with two attached hydrogens (primary N) is 1. The maximum atomic E-state index is 13.6. The second kappa shape index (κ2) is 4.63. The molecule has 8 heteroatoms. The largest absolute Gasteiger partial charge is 0.394 e. The van der Waals surface area contributed by atoms with Crippen LogP contribution in [0.1, 0.15) is 11.8 Å². The third kappa shape index (κ3) is 1.98. The summed E-state index contributed by atoms with van der Waals surface area (Å²) in [6, 6.07) is -1.08. The van der Waals surface area contributed by atoms with Gasteiger partial charge in [-0.25, -0.2) is 9.18 Å². The van der Waals surface area contributed by atoms with Gasteiger partial charge in [-0.2, -0.15) is 0 Å². The lowest BCUT2D eigenvalue weighted by molar-refractivity contribution is -0.0373. The van der Waals surface area contributed by atoms with Crippen LogP contribution in [0.3, 0.4) is 0 Å². The molecule has 7 nitrogen and oxygen atoms in total. The summed E-state index contributed by atoms with van der Waals surface area (Å²) in [4.78, 5) is 24.9. The van der Waals surface area contributed by atoms with Gasteiger partial charge in [0.15, 0.2) is 6.23 Å². The van der Waals surface area contributed by atoms with Gasteiger partial charge in [0.25, 0.3) is 5.56 Å². The van der Waals surface area contributed by atoms with Crippen LogP contribution in [0.2, 0.25) is 0 Å². The molecule has 0 spiro atoms. The first-order valence-electron chi connectivity index (χ1n) is 5.43. The summed E-state index contributed by atoms with van der Waals surface area (Å²) < 4.78 is 19.9. The Balaban J connectivity index is 2.42. The molecular formula is C10H14FN3O4. The maximum absolute atomic E-state index is 13.6. The fourth-order valence-electron chi connectivity index (χ4n) is 1.92. The fourth-order valence-corrected chi connectivity index (χ4v) is 1.92. The molecule has 0 unspecified atom stereocenters. The molecule has 18 heavy (non-hydrogen) atoms. The molecule has 1 aliphatic heterocycles. The van der Waals surface area contributed by atoms with Crippen molar-refractivity contribution < 1.29 is 14.2 Å². The van der Waals surface area contributed by atoms with E-state index < -0.39 is 42.4 Å². The zero-order valence-electron chi connectivity index (χ0n) is 9.67. The van der Waals surface area contributed by atoms with Crippen molar-refractivity contribution in [2.75, 3.05) is 6.61 Å². The average molecular weight is 259 g/mol. The van der Waals surface area contributed by atoms with Crippen molar-refractivity contribution in [3.05, 3.63) is 32.6 Å². The molecule has 0 amide bonds. The minimum Gasteiger partial charge on any atom is -0.394 e. The van der Waals surface area contributed by atoms with Gasteiger partial charge in [-0.15, -0.1) is 0 Å². The van der Waals surface area contributed by atoms with E-state index in [9.17, 15) is 14.0 Å². The number of aliphatic hydroxyl groups is 1. The summed E-state index contributed by atoms with van der Waals surface area (Å²) in [5, 5.41) is 8.92. The number of nitrogens with one attached hydrogen (secondary N) is 1. The number of nitrogens with zero attached hydrogens (tertiary/aromatic N) is 1. The minimum atomic E-state index is -1.57. The first kappa shape index (κ1) is 12.9. The molecule has 2 heterocycles. The van der Waals surface area contributed by atoms with Crippen LogP contribution in [0.5, 0.6) is 0 Å². The van der Waals surface area contributed by atoms with E-state index in [0.29, 0.717) is 0 Å². The summed E-state index contributed by atoms with van der Waals surface area (Å²) >= 11 is 0. The molecule has 4 N–H and O–H groups in total. The van der Waals surface area contributed by atoms with Crippen molar-refractivity contribution in [3.63, 3.8) is 0 Å². The summed E-state index contributed by atoms with van der Waals surface area (Å²) in [6.45, 7) is 0.980. The Morgan fingerprint density at radius 3 is 2.83 bits per heavy atom. The molecule has 1 aromatic rings. The molecule has 1 fully saturated rings. The van der Waals surface area contributed by atoms with Crippen LogP contribution < -0.4 is 17.0 Å². The Bertz CT molecular complexity index is 555. The monoisotopic (exact) mass is 259 g/mol. The van der Waals surface area contributed by atoms with Crippen molar-refractivity contribution in [1.29, 1.82) is 0 Å². The van der Waals surface area contributed by atoms with Gasteiger partial charge in [0, 0.05) is 11.8 Å². The van der Waals surface area contributed by atoms with Crippen molar-refractivity contribution >= 4 is 0 Å². The Hall–Kier alpha value is -1.51. The highest BCUT2D eigenvalue weighted by Crippen LogP contribution is 2.28. The molecule has 0 bridgehead atoms. The van der Waals surface area contributed by atoms with Crippen LogP contribution in [0.15, 0.2) is 15.8 Å². The molecule has 2 rings (SSSR count). The summed E-state index contributed by atoms with van der Waals surface area (Å²) in [7, 11) is 0. The molecule has 0 aliphatic carbocycles. The third-order valence-electron chi connectivity index (χ3n) is 2.97. The number of aliphatic hydroxyl groups excluding tert-OH is 1. The number of hydrogen-bond acceptors (Lipinski definition) is 5. The van der Waals surface area contributed by atoms with E-state index in [2.05, 4.69) is 4.98 Å². The topological polar surface area (TPSA) is 110 Å². The van der Waals surface area contributed by atoms with E-state index >= 15 is 0 Å². The Morgan fingerprint density at radius 2 is 2.28 bits per heavy atom. The smallest absolute Gasteiger partial charge is 0.330 e. The van der Waals surface area contributed by atoms with Crippen molar-refractivity contribution in [1.82, 2.24) is 9.55 Å². The van der Waals surface area contributed by atoms with Gasteiger partial charge in [-0.3, -0.25) is 14.3 Å². The van der Waals surface area contributed by atoms with E-state index in [1.807, 2.05) is 0 Å². The lowest BCUT2D eigenvalue weighted by atomic mass is 10.1. The van der Waals surface area contributed by atoms with E-state index in [0.717, 1.165) is 4.57 Å². The molecule has 0 aromatic carbocycles. The SMILES string of the molecule is Cc1cn([C@@H]2O[C@H](CO)[C@@H](F)[C@H]2N)c(=O)[nH]c1=O. The number of halogens is 1. The number of H-pyrrole nitrogens is 1. The van der Waals surface area contributed by atoms with Crippen LogP contribution in [-0.4, -0.2) is 39.6 Å². The third-order valence-corrected chi connectivity index (χ3v) is 2.97. The van der Waals surface area contributed by atoms with Gasteiger partial charge in [-0.1, -0.05) is 0 Å². The highest BCUT2D eigenvalue weighted by atomic mass is 19.1. The molecular weight excluding hydrogens is 245 g/mol. The first-order chi connectivity index (χ1) is 8.45. The standard InChI is InChI=1S/C10H14FN3O4/c1-4-2-14(10(17)13-8(4)16)9-7(12)6(11)5(3-15)18-9/h2,5-7,9,15H,3,12H2,1H3,(H,13,16,17)/t5-,6-,7-,9-/m1/s1. The fraction of sp³-hybridized carbons (Fsp3) is 0.600. The van der Waals surface area contributed by atoms with Gasteiger partial charge in [0.05, 0.1) is 12.6 Å². The van der Waals surface area contributed by atoms with Crippen molar-refractivity contribution in [2.45, 2.75) is 31.5 Å². The Morgan fingerprint density at radius 1 is 1.61 bits per heavy atom. The maximum Gasteiger partial charge on any atom is 0.330 e. The second-order valence-electron chi connectivity index (χ2n) is 4.25. The van der Waals surface area contributed by atoms with Crippen LogP contribution in [0.25, 0.3) is 0 Å². The Kier molecular flexibility index (Phi) is 3.33. The number of aryl methyl sites for hydroxylation is 1. The van der Waals surface area contributed by atoms with Gasteiger partial charge in [0.2, 0.25) is 0 Å². The first-order valence-corrected chi connectivity index (χ1v) is 5.43. The van der Waals surface area contributed by atoms with Gasteiger partial charge in [-0.05, 0) is 6.92 Å². The van der Waals surface area contributed by atoms with E-state index in [1.165, 1.54) is 13.1 Å². The lowest BCUT2D eigenvalue weighted by Gasteiger charge is -2.17. The normalized spacial score (nSPS) is 31.8. The zero-order valence-corrected chi connectivity index (χ0v) is 9.67. The Labute approximate surface area is 101 Å². The molecule has 1 aliphatic rings. The highest BCUT2D eigenvalue weighted by molar-refractivity contribution is 5.03. The van der Waals surface area contributed by atoms with Crippen LogP contribution in [-0.2, 0) is 4.74 Å². The predicted octanol–water partition coefficient (Wildman–Crippen LogP) is -1.60. The number of aromatic nitrogens is 2. The van der Waals surface area contributed by atoms with Crippen LogP contribution in [0.4, 0.5) is 4.39 Å². The molecule has 1 aromatic heterocycles. The number of hydrogen-bond donors (Lipinski definition) is 3. The van der Waals surface area contributed by atoms with E-state index in [4.69, 9.17) is 15.6 Å². The van der Waals surface area contributed by atoms with Crippen LogP contribution >= 0.6 is 0 Å². The molecule has 100 valence electrons. The van der Waals surface area contributed by atoms with E-state index in [-0.39, 0.29) is 5.56 Å². The van der Waals surface area contributed by atoms with Crippen LogP contribution in [0, 0.1) is 6.92 Å². The van der Waals surface area contributed by atoms with Crippen molar-refractivity contribution in [3.8, 4) is 0 Å². The molecule has 0 saturated carbocycles. The second-order valence-corrected chi connectivity index (χ2v) is 4.25. The number of rotatable bonds is 2. The van der Waals surface area contributed by atoms with E-state index in [1.54, 1.807) is 0 Å². The number of aromatic amines is 1.